The van der Waals surface area contributed by atoms with Gasteiger partial charge in [0.1, 0.15) is 0 Å². The summed E-state index contributed by atoms with van der Waals surface area (Å²) in [6.07, 6.45) is 1.52. The molecule has 76 valence electrons. The quantitative estimate of drug-likeness (QED) is 0.636. The molecule has 13 heavy (non-hydrogen) atoms. The minimum absolute atomic E-state index is 0.146. The number of rotatable bonds is 2. The van der Waals surface area contributed by atoms with Gasteiger partial charge in [-0.15, -0.1) is 11.6 Å². The molecule has 1 fully saturated rings. The molecule has 1 rings (SSSR count). The lowest BCUT2D eigenvalue weighted by Gasteiger charge is -2.21. The summed E-state index contributed by atoms with van der Waals surface area (Å²) in [4.78, 5) is 13.3. The van der Waals surface area contributed by atoms with Crippen molar-refractivity contribution < 1.29 is 9.53 Å². The van der Waals surface area contributed by atoms with Gasteiger partial charge in [-0.25, -0.2) is 0 Å². The van der Waals surface area contributed by atoms with Crippen LogP contribution in [0.3, 0.4) is 0 Å². The van der Waals surface area contributed by atoms with Crippen molar-refractivity contribution >= 4 is 17.5 Å². The van der Waals surface area contributed by atoms with Gasteiger partial charge < -0.3 is 9.64 Å². The second kappa shape index (κ2) is 5.45. The van der Waals surface area contributed by atoms with Crippen LogP contribution in [0.25, 0.3) is 0 Å². The van der Waals surface area contributed by atoms with E-state index in [0.717, 1.165) is 19.6 Å². The molecule has 3 nitrogen and oxygen atoms in total. The lowest BCUT2D eigenvalue weighted by Crippen LogP contribution is -2.35. The summed E-state index contributed by atoms with van der Waals surface area (Å²) in [5.41, 5.74) is 0. The molecule has 0 radical (unpaired) electrons. The summed E-state index contributed by atoms with van der Waals surface area (Å²) in [7, 11) is 0. The van der Waals surface area contributed by atoms with E-state index in [-0.39, 0.29) is 12.0 Å². The average molecular weight is 206 g/mol. The Bertz CT molecular complexity index is 175. The Morgan fingerprint density at radius 1 is 1.69 bits per heavy atom. The maximum atomic E-state index is 11.5. The van der Waals surface area contributed by atoms with Crippen LogP contribution >= 0.6 is 11.6 Å². The van der Waals surface area contributed by atoms with Gasteiger partial charge in [-0.1, -0.05) is 0 Å². The first-order valence-corrected chi connectivity index (χ1v) is 5.23. The third kappa shape index (κ3) is 3.53. The van der Waals surface area contributed by atoms with Crippen molar-refractivity contribution in [3.8, 4) is 0 Å². The highest BCUT2D eigenvalue weighted by Crippen LogP contribution is 2.07. The van der Waals surface area contributed by atoms with E-state index in [0.29, 0.717) is 18.8 Å². The largest absolute Gasteiger partial charge is 0.377 e. The van der Waals surface area contributed by atoms with Crippen LogP contribution < -0.4 is 0 Å². The lowest BCUT2D eigenvalue weighted by atomic mass is 10.3. The van der Waals surface area contributed by atoms with E-state index in [1.165, 1.54) is 0 Å². The van der Waals surface area contributed by atoms with E-state index in [1.807, 2.05) is 11.8 Å². The van der Waals surface area contributed by atoms with Crippen molar-refractivity contribution in [1.82, 2.24) is 4.90 Å². The minimum Gasteiger partial charge on any atom is -0.377 e. The molecule has 1 aliphatic heterocycles. The van der Waals surface area contributed by atoms with Crippen LogP contribution in [-0.2, 0) is 9.53 Å². The van der Waals surface area contributed by atoms with Gasteiger partial charge in [0.15, 0.2) is 0 Å². The predicted octanol–water partition coefficient (Wildman–Crippen LogP) is 1.25. The van der Waals surface area contributed by atoms with Gasteiger partial charge in [-0.05, 0) is 13.3 Å². The Kier molecular flexibility index (Phi) is 4.53. The number of nitrogens with zero attached hydrogens (tertiary/aromatic N) is 1. The third-order valence-corrected chi connectivity index (χ3v) is 2.30. The fourth-order valence-corrected chi connectivity index (χ4v) is 1.62. The number of halogens is 1. The van der Waals surface area contributed by atoms with Gasteiger partial charge in [0.25, 0.3) is 0 Å². The third-order valence-electron chi connectivity index (χ3n) is 2.11. The Morgan fingerprint density at radius 2 is 2.46 bits per heavy atom. The number of carbonyl (C=O) groups excluding carboxylic acids is 1. The maximum Gasteiger partial charge on any atom is 0.223 e. The van der Waals surface area contributed by atoms with Crippen LogP contribution in [0.5, 0.6) is 0 Å². The molecule has 0 aromatic carbocycles. The van der Waals surface area contributed by atoms with Gasteiger partial charge in [0.2, 0.25) is 5.91 Å². The van der Waals surface area contributed by atoms with E-state index in [9.17, 15) is 4.79 Å². The van der Waals surface area contributed by atoms with Gasteiger partial charge in [-0.3, -0.25) is 4.79 Å². The monoisotopic (exact) mass is 205 g/mol. The molecule has 0 aromatic rings. The zero-order chi connectivity index (χ0) is 9.68. The van der Waals surface area contributed by atoms with E-state index >= 15 is 0 Å². The molecule has 0 aliphatic carbocycles. The van der Waals surface area contributed by atoms with E-state index < -0.39 is 0 Å². The number of hydrogen-bond acceptors (Lipinski definition) is 2. The number of ether oxygens (including phenoxy) is 1. The molecular weight excluding hydrogens is 190 g/mol. The number of hydrogen-bond donors (Lipinski definition) is 0. The van der Waals surface area contributed by atoms with Crippen LogP contribution in [0.15, 0.2) is 0 Å². The summed E-state index contributed by atoms with van der Waals surface area (Å²) in [5.74, 6) is 0.553. The smallest absolute Gasteiger partial charge is 0.223 e. The maximum absolute atomic E-state index is 11.5. The SMILES string of the molecule is CC1CN(C(=O)CCCl)CCCO1. The van der Waals surface area contributed by atoms with Gasteiger partial charge in [0, 0.05) is 32.0 Å². The normalized spacial score (nSPS) is 24.2. The van der Waals surface area contributed by atoms with Gasteiger partial charge >= 0.3 is 0 Å². The number of alkyl halides is 1. The van der Waals surface area contributed by atoms with Crippen molar-refractivity contribution in [2.45, 2.75) is 25.9 Å². The first kappa shape index (κ1) is 10.8. The molecular formula is C9H16ClNO2. The number of amides is 1. The molecule has 1 heterocycles. The minimum atomic E-state index is 0.146. The molecule has 0 spiro atoms. The van der Waals surface area contributed by atoms with E-state index in [2.05, 4.69) is 0 Å². The molecule has 1 saturated heterocycles. The first-order chi connectivity index (χ1) is 6.24. The molecule has 4 heteroatoms. The fourth-order valence-electron chi connectivity index (χ4n) is 1.46. The topological polar surface area (TPSA) is 29.5 Å². The molecule has 0 saturated carbocycles. The fraction of sp³-hybridized carbons (Fsp3) is 0.889. The standard InChI is InChI=1S/C9H16ClNO2/c1-8-7-11(5-2-6-13-8)9(12)3-4-10/h8H,2-7H2,1H3. The molecule has 1 unspecified atom stereocenters. The second-order valence-electron chi connectivity index (χ2n) is 3.31. The summed E-state index contributed by atoms with van der Waals surface area (Å²) >= 11 is 5.51. The van der Waals surface area contributed by atoms with E-state index in [4.69, 9.17) is 16.3 Å². The highest BCUT2D eigenvalue weighted by Gasteiger charge is 2.18. The Hall–Kier alpha value is -0.280. The molecule has 0 bridgehead atoms. The summed E-state index contributed by atoms with van der Waals surface area (Å²) in [6, 6.07) is 0. The summed E-state index contributed by atoms with van der Waals surface area (Å²) in [5, 5.41) is 0. The Labute approximate surface area is 84.0 Å². The van der Waals surface area contributed by atoms with Crippen molar-refractivity contribution in [2.75, 3.05) is 25.6 Å². The highest BCUT2D eigenvalue weighted by molar-refractivity contribution is 6.18. The molecule has 1 aliphatic rings. The zero-order valence-corrected chi connectivity index (χ0v) is 8.72. The first-order valence-electron chi connectivity index (χ1n) is 4.69. The highest BCUT2D eigenvalue weighted by atomic mass is 35.5. The summed E-state index contributed by atoms with van der Waals surface area (Å²) in [6.45, 7) is 4.26. The van der Waals surface area contributed by atoms with Crippen LogP contribution in [0, 0.1) is 0 Å². The Morgan fingerprint density at radius 3 is 3.15 bits per heavy atom. The van der Waals surface area contributed by atoms with Crippen molar-refractivity contribution in [3.63, 3.8) is 0 Å². The summed E-state index contributed by atoms with van der Waals surface area (Å²) < 4.78 is 5.43. The van der Waals surface area contributed by atoms with Crippen molar-refractivity contribution in [3.05, 3.63) is 0 Å². The van der Waals surface area contributed by atoms with Crippen LogP contribution in [0.1, 0.15) is 19.8 Å². The lowest BCUT2D eigenvalue weighted by molar-refractivity contribution is -0.131. The zero-order valence-electron chi connectivity index (χ0n) is 7.96. The van der Waals surface area contributed by atoms with Crippen LogP contribution in [0.2, 0.25) is 0 Å². The van der Waals surface area contributed by atoms with Crippen LogP contribution in [0.4, 0.5) is 0 Å². The van der Waals surface area contributed by atoms with E-state index in [1.54, 1.807) is 0 Å². The molecule has 0 aromatic heterocycles. The van der Waals surface area contributed by atoms with Gasteiger partial charge in [0.05, 0.1) is 6.10 Å². The van der Waals surface area contributed by atoms with Gasteiger partial charge in [-0.2, -0.15) is 0 Å². The average Bonchev–Trinajstić information content (AvgIpc) is 2.30. The second-order valence-corrected chi connectivity index (χ2v) is 3.69. The van der Waals surface area contributed by atoms with Crippen LogP contribution in [-0.4, -0.2) is 42.5 Å². The molecule has 1 amide bonds. The number of carbonyl (C=O) groups is 1. The Balaban J connectivity index is 2.42. The van der Waals surface area contributed by atoms with Crippen molar-refractivity contribution in [2.24, 2.45) is 0 Å². The van der Waals surface area contributed by atoms with Crippen molar-refractivity contribution in [1.29, 1.82) is 0 Å². The molecule has 0 N–H and O–H groups in total. The predicted molar refractivity (Wildman–Crippen MR) is 51.9 cm³/mol. The molecule has 1 atom stereocenters.